The zero-order chi connectivity index (χ0) is 24.0. The summed E-state index contributed by atoms with van der Waals surface area (Å²) in [5, 5.41) is 3.07. The van der Waals surface area contributed by atoms with Gasteiger partial charge in [0.2, 0.25) is 10.0 Å². The van der Waals surface area contributed by atoms with Crippen molar-refractivity contribution in [2.24, 2.45) is 5.92 Å². The molecule has 3 aliphatic carbocycles. The van der Waals surface area contributed by atoms with E-state index in [1.54, 1.807) is 6.07 Å². The topological polar surface area (TPSA) is 75.7 Å². The van der Waals surface area contributed by atoms with E-state index in [9.17, 15) is 13.2 Å². The monoisotopic (exact) mass is 476 g/mol. The number of amides is 1. The van der Waals surface area contributed by atoms with Crippen LogP contribution in [0, 0.1) is 5.92 Å². The minimum Gasteiger partial charge on any atom is -0.495 e. The summed E-state index contributed by atoms with van der Waals surface area (Å²) in [6.45, 7) is 0.518. The Kier molecular flexibility index (Phi) is 5.70. The van der Waals surface area contributed by atoms with Crippen LogP contribution in [0.15, 0.2) is 71.6 Å². The molecular weight excluding hydrogens is 448 g/mol. The van der Waals surface area contributed by atoms with Crippen molar-refractivity contribution in [2.45, 2.75) is 23.2 Å². The van der Waals surface area contributed by atoms with E-state index in [-0.39, 0.29) is 28.4 Å². The van der Waals surface area contributed by atoms with Gasteiger partial charge in [-0.25, -0.2) is 12.7 Å². The highest BCUT2D eigenvalue weighted by molar-refractivity contribution is 7.89. The first kappa shape index (κ1) is 22.6. The SMILES string of the molecule is COc1ccc(C(=O)NCC2CC3c4ccccc4C2c2ccccc23)cc1S(=O)(=O)N(C)C. The largest absolute Gasteiger partial charge is 0.495 e. The number of nitrogens with zero attached hydrogens (tertiary/aromatic N) is 1. The van der Waals surface area contributed by atoms with Gasteiger partial charge in [-0.05, 0) is 52.8 Å². The third kappa shape index (κ3) is 3.60. The average Bonchev–Trinajstić information content (AvgIpc) is 2.86. The highest BCUT2D eigenvalue weighted by atomic mass is 32.2. The van der Waals surface area contributed by atoms with Crippen LogP contribution in [0.4, 0.5) is 0 Å². The Morgan fingerprint density at radius 1 is 0.971 bits per heavy atom. The first-order valence-electron chi connectivity index (χ1n) is 11.4. The summed E-state index contributed by atoms with van der Waals surface area (Å²) in [6.07, 6.45) is 0.974. The van der Waals surface area contributed by atoms with E-state index < -0.39 is 10.0 Å². The number of ether oxygens (including phenoxy) is 1. The molecule has 1 N–H and O–H groups in total. The molecule has 6 rings (SSSR count). The molecule has 0 saturated heterocycles. The molecule has 0 aromatic heterocycles. The van der Waals surface area contributed by atoms with Crippen LogP contribution in [0.5, 0.6) is 5.75 Å². The number of hydrogen-bond donors (Lipinski definition) is 1. The summed E-state index contributed by atoms with van der Waals surface area (Å²) in [6, 6.07) is 21.7. The molecule has 0 fully saturated rings. The van der Waals surface area contributed by atoms with Crippen LogP contribution in [0.3, 0.4) is 0 Å². The van der Waals surface area contributed by atoms with E-state index in [0.29, 0.717) is 18.0 Å². The molecule has 7 heteroatoms. The van der Waals surface area contributed by atoms with Crippen molar-refractivity contribution in [1.82, 2.24) is 9.62 Å². The number of carbonyl (C=O) groups is 1. The van der Waals surface area contributed by atoms with Crippen LogP contribution in [0.25, 0.3) is 0 Å². The number of hydrogen-bond acceptors (Lipinski definition) is 4. The predicted octanol–water partition coefficient (Wildman–Crippen LogP) is 3.97. The molecule has 176 valence electrons. The van der Waals surface area contributed by atoms with Crippen LogP contribution >= 0.6 is 0 Å². The van der Waals surface area contributed by atoms with Gasteiger partial charge >= 0.3 is 0 Å². The third-order valence-corrected chi connectivity index (χ3v) is 8.97. The van der Waals surface area contributed by atoms with E-state index >= 15 is 0 Å². The van der Waals surface area contributed by atoms with E-state index in [1.807, 2.05) is 0 Å². The Hall–Kier alpha value is -3.16. The molecule has 3 aromatic carbocycles. The third-order valence-electron chi connectivity index (χ3n) is 7.13. The lowest BCUT2D eigenvalue weighted by molar-refractivity contribution is 0.0942. The summed E-state index contributed by atoms with van der Waals surface area (Å²) in [5.74, 6) is 0.751. The zero-order valence-electron chi connectivity index (χ0n) is 19.5. The van der Waals surface area contributed by atoms with Gasteiger partial charge in [-0.1, -0.05) is 48.5 Å². The molecule has 3 aliphatic rings. The van der Waals surface area contributed by atoms with Crippen molar-refractivity contribution in [3.63, 3.8) is 0 Å². The average molecular weight is 477 g/mol. The van der Waals surface area contributed by atoms with Crippen LogP contribution in [-0.4, -0.2) is 46.4 Å². The maximum absolute atomic E-state index is 13.1. The predicted molar refractivity (Wildman–Crippen MR) is 131 cm³/mol. The Balaban J connectivity index is 1.40. The molecular formula is C27H28N2O4S. The summed E-state index contributed by atoms with van der Waals surface area (Å²) in [7, 11) is 0.565. The number of carbonyl (C=O) groups excluding carboxylic acids is 1. The van der Waals surface area contributed by atoms with Gasteiger partial charge < -0.3 is 10.1 Å². The first-order valence-corrected chi connectivity index (χ1v) is 12.8. The first-order chi connectivity index (χ1) is 16.3. The lowest BCUT2D eigenvalue weighted by Crippen LogP contribution is -2.39. The maximum Gasteiger partial charge on any atom is 0.251 e. The molecule has 1 atom stereocenters. The summed E-state index contributed by atoms with van der Waals surface area (Å²) < 4.78 is 31.8. The van der Waals surface area contributed by atoms with Crippen molar-refractivity contribution in [1.29, 1.82) is 0 Å². The fourth-order valence-electron chi connectivity index (χ4n) is 5.50. The fraction of sp³-hybridized carbons (Fsp3) is 0.296. The van der Waals surface area contributed by atoms with E-state index in [0.717, 1.165) is 10.7 Å². The standard InChI is InChI=1S/C27H28N2O4S/c1-29(2)34(31,32)25-15-17(12-13-24(25)33-3)27(30)28-16-18-14-23-19-8-4-6-10-21(19)26(18)22-11-7-5-9-20(22)23/h4-13,15,18,23,26H,14,16H2,1-3H3,(H,28,30). The summed E-state index contributed by atoms with van der Waals surface area (Å²) >= 11 is 0. The number of nitrogens with one attached hydrogen (secondary N) is 1. The normalized spacial score (nSPS) is 20.5. The molecule has 34 heavy (non-hydrogen) atoms. The number of methoxy groups -OCH3 is 1. The van der Waals surface area contributed by atoms with Gasteiger partial charge in [-0.3, -0.25) is 4.79 Å². The molecule has 6 nitrogen and oxygen atoms in total. The van der Waals surface area contributed by atoms with Gasteiger partial charge in [0.25, 0.3) is 5.91 Å². The molecule has 1 unspecified atom stereocenters. The number of rotatable bonds is 6. The fourth-order valence-corrected chi connectivity index (χ4v) is 6.58. The molecule has 0 spiro atoms. The quantitative estimate of drug-likeness (QED) is 0.584. The molecule has 0 aliphatic heterocycles. The van der Waals surface area contributed by atoms with Gasteiger partial charge in [0, 0.05) is 38.0 Å². The molecule has 0 saturated carbocycles. The van der Waals surface area contributed by atoms with Gasteiger partial charge in [-0.15, -0.1) is 0 Å². The van der Waals surface area contributed by atoms with Gasteiger partial charge in [0.15, 0.2) is 0 Å². The van der Waals surface area contributed by atoms with Crippen LogP contribution in [0.1, 0.15) is 50.9 Å². The van der Waals surface area contributed by atoms with E-state index in [4.69, 9.17) is 4.74 Å². The molecule has 1 amide bonds. The van der Waals surface area contributed by atoms with Crippen molar-refractivity contribution >= 4 is 15.9 Å². The number of fused-ring (bicyclic) bond motifs is 1. The number of sulfonamides is 1. The second-order valence-electron chi connectivity index (χ2n) is 9.15. The van der Waals surface area contributed by atoms with E-state index in [2.05, 4.69) is 53.8 Å². The Morgan fingerprint density at radius 2 is 1.56 bits per heavy atom. The van der Waals surface area contributed by atoms with E-state index in [1.165, 1.54) is 55.6 Å². The minimum atomic E-state index is -3.76. The lowest BCUT2D eigenvalue weighted by atomic mass is 9.59. The highest BCUT2D eigenvalue weighted by Crippen LogP contribution is 2.55. The highest BCUT2D eigenvalue weighted by Gasteiger charge is 2.42. The van der Waals surface area contributed by atoms with Crippen molar-refractivity contribution < 1.29 is 17.9 Å². The molecule has 2 bridgehead atoms. The van der Waals surface area contributed by atoms with Gasteiger partial charge in [-0.2, -0.15) is 0 Å². The van der Waals surface area contributed by atoms with Gasteiger partial charge in [0.1, 0.15) is 10.6 Å². The Morgan fingerprint density at radius 3 is 2.12 bits per heavy atom. The second-order valence-corrected chi connectivity index (χ2v) is 11.3. The van der Waals surface area contributed by atoms with Crippen LogP contribution in [-0.2, 0) is 10.0 Å². The smallest absolute Gasteiger partial charge is 0.251 e. The maximum atomic E-state index is 13.1. The van der Waals surface area contributed by atoms with Gasteiger partial charge in [0.05, 0.1) is 7.11 Å². The number of benzene rings is 3. The van der Waals surface area contributed by atoms with Crippen molar-refractivity contribution in [3.05, 3.63) is 94.5 Å². The molecule has 0 heterocycles. The minimum absolute atomic E-state index is 0.0211. The Bertz CT molecular complexity index is 1320. The second kappa shape index (κ2) is 8.56. The summed E-state index contributed by atoms with van der Waals surface area (Å²) in [4.78, 5) is 13.1. The van der Waals surface area contributed by atoms with Crippen molar-refractivity contribution in [2.75, 3.05) is 27.7 Å². The van der Waals surface area contributed by atoms with Crippen LogP contribution < -0.4 is 10.1 Å². The molecule has 0 radical (unpaired) electrons. The van der Waals surface area contributed by atoms with Crippen LogP contribution in [0.2, 0.25) is 0 Å². The summed E-state index contributed by atoms with van der Waals surface area (Å²) in [5.41, 5.74) is 5.77. The zero-order valence-corrected chi connectivity index (χ0v) is 20.3. The Labute approximate surface area is 200 Å². The molecule has 3 aromatic rings. The van der Waals surface area contributed by atoms with Crippen molar-refractivity contribution in [3.8, 4) is 5.75 Å². The lowest BCUT2D eigenvalue weighted by Gasteiger charge is -2.45.